The molecule has 0 aliphatic rings. The van der Waals surface area contributed by atoms with E-state index in [-0.39, 0.29) is 11.9 Å². The zero-order chi connectivity index (χ0) is 14.4. The second kappa shape index (κ2) is 6.92. The second-order valence-electron chi connectivity index (χ2n) is 5.28. The molecule has 4 heteroatoms. The molecular formula is C15H22N2O2. The Kier molecular flexibility index (Phi) is 5.55. The largest absolute Gasteiger partial charge is 0.351 e. The third-order valence-corrected chi connectivity index (χ3v) is 2.83. The summed E-state index contributed by atoms with van der Waals surface area (Å²) in [6, 6.07) is 3.14. The fourth-order valence-electron chi connectivity index (χ4n) is 1.94. The Labute approximate surface area is 114 Å². The molecule has 0 aliphatic heterocycles. The summed E-state index contributed by atoms with van der Waals surface area (Å²) in [5.74, 6) is 0.290. The normalized spacial score (nSPS) is 12.2. The Hall–Kier alpha value is -1.84. The van der Waals surface area contributed by atoms with Gasteiger partial charge in [0.2, 0.25) is 5.91 Å². The predicted octanol–water partition coefficient (Wildman–Crippen LogP) is 2.58. The highest BCUT2D eigenvalue weighted by Crippen LogP contribution is 2.20. The first-order valence-electron chi connectivity index (χ1n) is 6.49. The summed E-state index contributed by atoms with van der Waals surface area (Å²) < 4.78 is 1.74. The maximum Gasteiger partial charge on any atom is 0.243 e. The molecule has 0 fully saturated rings. The van der Waals surface area contributed by atoms with Crippen molar-refractivity contribution in [3.63, 3.8) is 0 Å². The molecule has 1 N–H and O–H groups in total. The van der Waals surface area contributed by atoms with Gasteiger partial charge in [0.15, 0.2) is 6.29 Å². The SMILES string of the molecule is C=C(C)CNC(=O)C(CC(C)C)n1cccc1C=O. The van der Waals surface area contributed by atoms with Gasteiger partial charge in [-0.15, -0.1) is 0 Å². The number of nitrogens with one attached hydrogen (secondary N) is 1. The minimum atomic E-state index is -0.352. The van der Waals surface area contributed by atoms with Crippen LogP contribution in [0.3, 0.4) is 0 Å². The van der Waals surface area contributed by atoms with Crippen LogP contribution in [0.4, 0.5) is 0 Å². The van der Waals surface area contributed by atoms with Gasteiger partial charge in [0.25, 0.3) is 0 Å². The van der Waals surface area contributed by atoms with E-state index in [0.717, 1.165) is 11.9 Å². The zero-order valence-corrected chi connectivity index (χ0v) is 11.8. The molecule has 1 heterocycles. The van der Waals surface area contributed by atoms with Crippen molar-refractivity contribution >= 4 is 12.2 Å². The molecule has 0 spiro atoms. The van der Waals surface area contributed by atoms with Crippen molar-refractivity contribution in [2.24, 2.45) is 5.92 Å². The number of carbonyl (C=O) groups is 2. The Morgan fingerprint density at radius 3 is 2.74 bits per heavy atom. The average Bonchev–Trinajstić information content (AvgIpc) is 2.80. The Balaban J connectivity index is 2.91. The number of aromatic nitrogens is 1. The fraction of sp³-hybridized carbons (Fsp3) is 0.467. The van der Waals surface area contributed by atoms with E-state index >= 15 is 0 Å². The van der Waals surface area contributed by atoms with Crippen molar-refractivity contribution in [1.29, 1.82) is 0 Å². The molecular weight excluding hydrogens is 240 g/mol. The number of nitrogens with zero attached hydrogens (tertiary/aromatic N) is 1. The summed E-state index contributed by atoms with van der Waals surface area (Å²) in [4.78, 5) is 23.3. The molecule has 1 unspecified atom stereocenters. The van der Waals surface area contributed by atoms with Crippen LogP contribution in [0.1, 0.15) is 43.7 Å². The van der Waals surface area contributed by atoms with Gasteiger partial charge in [-0.25, -0.2) is 0 Å². The first kappa shape index (κ1) is 15.2. The number of aldehydes is 1. The van der Waals surface area contributed by atoms with Crippen LogP contribution in [0, 0.1) is 5.92 Å². The van der Waals surface area contributed by atoms with Crippen LogP contribution >= 0.6 is 0 Å². The number of carbonyl (C=O) groups excluding carboxylic acids is 2. The summed E-state index contributed by atoms with van der Waals surface area (Å²) in [7, 11) is 0. The van der Waals surface area contributed by atoms with Gasteiger partial charge in [-0.3, -0.25) is 9.59 Å². The highest BCUT2D eigenvalue weighted by atomic mass is 16.2. The van der Waals surface area contributed by atoms with Gasteiger partial charge < -0.3 is 9.88 Å². The summed E-state index contributed by atoms with van der Waals surface area (Å²) in [6.07, 6.45) is 3.24. The minimum absolute atomic E-state index is 0.0731. The van der Waals surface area contributed by atoms with E-state index in [1.165, 1.54) is 0 Å². The van der Waals surface area contributed by atoms with Crippen LogP contribution in [0.2, 0.25) is 0 Å². The molecule has 0 aliphatic carbocycles. The molecule has 1 atom stereocenters. The number of amides is 1. The predicted molar refractivity (Wildman–Crippen MR) is 76.1 cm³/mol. The Bertz CT molecular complexity index is 460. The first-order valence-corrected chi connectivity index (χ1v) is 6.49. The van der Waals surface area contributed by atoms with E-state index < -0.39 is 0 Å². The van der Waals surface area contributed by atoms with Crippen molar-refractivity contribution in [2.45, 2.75) is 33.2 Å². The van der Waals surface area contributed by atoms with Crippen LogP contribution < -0.4 is 5.32 Å². The molecule has 0 radical (unpaired) electrons. The standard InChI is InChI=1S/C15H22N2O2/c1-11(2)8-14(15(19)16-9-12(3)4)17-7-5-6-13(17)10-18/h5-7,10-11,14H,3,8-9H2,1-2,4H3,(H,16,19). The van der Waals surface area contributed by atoms with Gasteiger partial charge in [-0.2, -0.15) is 0 Å². The lowest BCUT2D eigenvalue weighted by atomic mass is 10.0. The summed E-state index contributed by atoms with van der Waals surface area (Å²) in [5.41, 5.74) is 1.43. The van der Waals surface area contributed by atoms with Crippen molar-refractivity contribution < 1.29 is 9.59 Å². The Morgan fingerprint density at radius 1 is 1.53 bits per heavy atom. The topological polar surface area (TPSA) is 51.1 Å². The lowest BCUT2D eigenvalue weighted by Gasteiger charge is -2.21. The zero-order valence-electron chi connectivity index (χ0n) is 11.8. The van der Waals surface area contributed by atoms with Crippen molar-refractivity contribution in [3.05, 3.63) is 36.2 Å². The molecule has 1 amide bonds. The van der Waals surface area contributed by atoms with Gasteiger partial charge in [-0.1, -0.05) is 26.0 Å². The van der Waals surface area contributed by atoms with Gasteiger partial charge in [0.05, 0.1) is 5.69 Å². The average molecular weight is 262 g/mol. The van der Waals surface area contributed by atoms with Crippen LogP contribution in [0.5, 0.6) is 0 Å². The van der Waals surface area contributed by atoms with Crippen LogP contribution in [0.25, 0.3) is 0 Å². The first-order chi connectivity index (χ1) is 8.95. The number of hydrogen-bond donors (Lipinski definition) is 1. The van der Waals surface area contributed by atoms with Gasteiger partial charge >= 0.3 is 0 Å². The summed E-state index contributed by atoms with van der Waals surface area (Å²) >= 11 is 0. The number of hydrogen-bond acceptors (Lipinski definition) is 2. The monoisotopic (exact) mass is 262 g/mol. The van der Waals surface area contributed by atoms with Crippen LogP contribution in [-0.2, 0) is 4.79 Å². The van der Waals surface area contributed by atoms with E-state index in [9.17, 15) is 9.59 Å². The van der Waals surface area contributed by atoms with Crippen molar-refractivity contribution in [1.82, 2.24) is 9.88 Å². The molecule has 1 aromatic heterocycles. The van der Waals surface area contributed by atoms with E-state index in [4.69, 9.17) is 0 Å². The second-order valence-corrected chi connectivity index (χ2v) is 5.28. The van der Waals surface area contributed by atoms with E-state index in [1.54, 1.807) is 22.9 Å². The molecule has 0 bridgehead atoms. The highest BCUT2D eigenvalue weighted by Gasteiger charge is 2.22. The maximum absolute atomic E-state index is 12.3. The van der Waals surface area contributed by atoms with Crippen LogP contribution in [-0.4, -0.2) is 23.3 Å². The molecule has 0 saturated carbocycles. The van der Waals surface area contributed by atoms with Gasteiger partial charge in [0, 0.05) is 12.7 Å². The third-order valence-electron chi connectivity index (χ3n) is 2.83. The fourth-order valence-corrected chi connectivity index (χ4v) is 1.94. The minimum Gasteiger partial charge on any atom is -0.351 e. The maximum atomic E-state index is 12.3. The van der Waals surface area contributed by atoms with E-state index in [0.29, 0.717) is 24.6 Å². The van der Waals surface area contributed by atoms with Crippen molar-refractivity contribution in [3.8, 4) is 0 Å². The molecule has 4 nitrogen and oxygen atoms in total. The Morgan fingerprint density at radius 2 is 2.21 bits per heavy atom. The molecule has 104 valence electrons. The molecule has 19 heavy (non-hydrogen) atoms. The molecule has 1 rings (SSSR count). The van der Waals surface area contributed by atoms with Crippen molar-refractivity contribution in [2.75, 3.05) is 6.54 Å². The molecule has 0 saturated heterocycles. The van der Waals surface area contributed by atoms with E-state index in [1.807, 2.05) is 6.92 Å². The van der Waals surface area contributed by atoms with Crippen LogP contribution in [0.15, 0.2) is 30.5 Å². The highest BCUT2D eigenvalue weighted by molar-refractivity contribution is 5.82. The lowest BCUT2D eigenvalue weighted by molar-refractivity contribution is -0.124. The molecule has 0 aromatic carbocycles. The quantitative estimate of drug-likeness (QED) is 0.606. The van der Waals surface area contributed by atoms with E-state index in [2.05, 4.69) is 25.7 Å². The smallest absolute Gasteiger partial charge is 0.243 e. The van der Waals surface area contributed by atoms with Gasteiger partial charge in [0.1, 0.15) is 6.04 Å². The molecule has 1 aromatic rings. The lowest BCUT2D eigenvalue weighted by Crippen LogP contribution is -2.34. The van der Waals surface area contributed by atoms with Gasteiger partial charge in [-0.05, 0) is 31.4 Å². The summed E-state index contributed by atoms with van der Waals surface area (Å²) in [6.45, 7) is 10.2. The summed E-state index contributed by atoms with van der Waals surface area (Å²) in [5, 5.41) is 2.85. The third kappa shape index (κ3) is 4.39. The number of rotatable bonds is 7.